The molecule has 2 bridgehead atoms. The first-order valence-electron chi connectivity index (χ1n) is 19.5. The minimum atomic E-state index is -0.517. The van der Waals surface area contributed by atoms with Gasteiger partial charge in [-0.25, -0.2) is 0 Å². The number of para-hydroxylation sites is 1. The number of benzene rings is 8. The van der Waals surface area contributed by atoms with Crippen LogP contribution in [0.25, 0.3) is 44.2 Å². The largest absolute Gasteiger partial charge is 0.456 e. The average Bonchev–Trinajstić information content (AvgIpc) is 3.73. The summed E-state index contributed by atoms with van der Waals surface area (Å²) in [5, 5.41) is 2.35. The van der Waals surface area contributed by atoms with Gasteiger partial charge in [0.2, 0.25) is 0 Å². The van der Waals surface area contributed by atoms with Gasteiger partial charge in [0.25, 0.3) is 0 Å². The van der Waals surface area contributed by atoms with Gasteiger partial charge in [-0.3, -0.25) is 0 Å². The maximum atomic E-state index is 6.69. The van der Waals surface area contributed by atoms with Crippen LogP contribution < -0.4 is 4.90 Å². The molecule has 9 aromatic rings. The van der Waals surface area contributed by atoms with Crippen molar-refractivity contribution in [2.75, 3.05) is 4.90 Å². The highest BCUT2D eigenvalue weighted by Gasteiger charge is 2.58. The zero-order valence-corrected chi connectivity index (χ0v) is 30.6. The molecule has 0 atom stereocenters. The molecule has 0 N–H and O–H groups in total. The lowest BCUT2D eigenvalue weighted by Gasteiger charge is -2.55. The Labute approximate surface area is 319 Å². The molecule has 258 valence electrons. The summed E-state index contributed by atoms with van der Waals surface area (Å²) < 4.78 is 6.69. The second-order valence-electron chi connectivity index (χ2n) is 16.3. The molecule has 2 nitrogen and oxygen atoms in total. The smallest absolute Gasteiger partial charge is 0.135 e. The molecule has 4 aliphatic carbocycles. The van der Waals surface area contributed by atoms with Crippen molar-refractivity contribution < 1.29 is 4.42 Å². The molecule has 0 saturated carbocycles. The van der Waals surface area contributed by atoms with Crippen LogP contribution in [0.15, 0.2) is 174 Å². The van der Waals surface area contributed by atoms with Crippen molar-refractivity contribution >= 4 is 39.0 Å². The molecule has 0 saturated heterocycles. The molecule has 14 rings (SSSR count). The summed E-state index contributed by atoms with van der Waals surface area (Å²) in [7, 11) is 0. The molecule has 1 aliphatic heterocycles. The van der Waals surface area contributed by atoms with E-state index in [1.807, 2.05) is 0 Å². The molecule has 1 aromatic heterocycles. The lowest BCUT2D eigenvalue weighted by atomic mass is 9.49. The van der Waals surface area contributed by atoms with Crippen LogP contribution in [0.2, 0.25) is 0 Å². The van der Waals surface area contributed by atoms with E-state index < -0.39 is 5.41 Å². The van der Waals surface area contributed by atoms with Gasteiger partial charge in [0, 0.05) is 33.4 Å². The van der Waals surface area contributed by atoms with Gasteiger partial charge in [0.05, 0.1) is 16.8 Å². The van der Waals surface area contributed by atoms with Crippen LogP contribution in [0.5, 0.6) is 0 Å². The van der Waals surface area contributed by atoms with Crippen molar-refractivity contribution in [2.24, 2.45) is 0 Å². The molecule has 0 fully saturated rings. The molecule has 2 heteroatoms. The van der Waals surface area contributed by atoms with Gasteiger partial charge < -0.3 is 9.32 Å². The van der Waals surface area contributed by atoms with E-state index in [1.165, 1.54) is 89.1 Å². The Balaban J connectivity index is 1.10. The number of hydrogen-bond donors (Lipinski definition) is 0. The number of furan rings is 1. The van der Waals surface area contributed by atoms with E-state index in [1.54, 1.807) is 0 Å². The minimum absolute atomic E-state index is 0.0407. The predicted octanol–water partition coefficient (Wildman–Crippen LogP) is 13.5. The van der Waals surface area contributed by atoms with Crippen LogP contribution in [0.1, 0.15) is 69.8 Å². The SMILES string of the molecule is CC1(C)c2ccccc2-c2c(-c3ccc(N4c5cccc6c5C5(c7ccccc7C6c6ccccc65)c5c4ccc4oc6ccccc6c54)cc3)cccc21. The summed E-state index contributed by atoms with van der Waals surface area (Å²) in [6, 6.07) is 63.6. The Morgan fingerprint density at radius 3 is 1.89 bits per heavy atom. The summed E-state index contributed by atoms with van der Waals surface area (Å²) in [5.41, 5.74) is 22.6. The monoisotopic (exact) mass is 701 g/mol. The van der Waals surface area contributed by atoms with E-state index in [2.05, 4.69) is 189 Å². The van der Waals surface area contributed by atoms with Gasteiger partial charge in [-0.05, 0) is 103 Å². The van der Waals surface area contributed by atoms with Gasteiger partial charge in [0.15, 0.2) is 0 Å². The summed E-state index contributed by atoms with van der Waals surface area (Å²) in [6.07, 6.45) is 0. The Bertz CT molecular complexity index is 3090. The fourth-order valence-electron chi connectivity index (χ4n) is 11.4. The maximum absolute atomic E-state index is 6.69. The van der Waals surface area contributed by atoms with E-state index >= 15 is 0 Å². The van der Waals surface area contributed by atoms with Gasteiger partial charge in [0.1, 0.15) is 11.2 Å². The molecular formula is C53H35NO. The van der Waals surface area contributed by atoms with Crippen LogP contribution in [0.3, 0.4) is 0 Å². The van der Waals surface area contributed by atoms with Crippen molar-refractivity contribution in [3.8, 4) is 22.3 Å². The second kappa shape index (κ2) is 10.1. The molecule has 5 aliphatic rings. The van der Waals surface area contributed by atoms with Crippen molar-refractivity contribution in [2.45, 2.75) is 30.6 Å². The molecule has 55 heavy (non-hydrogen) atoms. The van der Waals surface area contributed by atoms with Crippen molar-refractivity contribution in [1.29, 1.82) is 0 Å². The number of nitrogens with zero attached hydrogens (tertiary/aromatic N) is 1. The lowest BCUT2D eigenvalue weighted by Crippen LogP contribution is -2.46. The third-order valence-corrected chi connectivity index (χ3v) is 13.5. The molecule has 0 unspecified atom stereocenters. The van der Waals surface area contributed by atoms with Gasteiger partial charge in [-0.15, -0.1) is 0 Å². The normalized spacial score (nSPS) is 18.7. The number of anilines is 3. The Morgan fingerprint density at radius 1 is 0.473 bits per heavy atom. The van der Waals surface area contributed by atoms with Gasteiger partial charge in [-0.1, -0.05) is 147 Å². The van der Waals surface area contributed by atoms with Gasteiger partial charge in [-0.2, -0.15) is 0 Å². The predicted molar refractivity (Wildman–Crippen MR) is 224 cm³/mol. The second-order valence-corrected chi connectivity index (χ2v) is 16.3. The van der Waals surface area contributed by atoms with Crippen molar-refractivity contribution in [3.05, 3.63) is 220 Å². The van der Waals surface area contributed by atoms with Crippen LogP contribution in [0.4, 0.5) is 17.1 Å². The highest BCUT2D eigenvalue weighted by atomic mass is 16.3. The Hall–Kier alpha value is -6.64. The van der Waals surface area contributed by atoms with Crippen LogP contribution in [-0.2, 0) is 10.8 Å². The molecule has 8 aromatic carbocycles. The molecule has 1 spiro atoms. The molecule has 0 radical (unpaired) electrons. The zero-order valence-electron chi connectivity index (χ0n) is 30.6. The quantitative estimate of drug-likeness (QED) is 0.178. The fraction of sp³-hybridized carbons (Fsp3) is 0.0943. The number of fused-ring (bicyclic) bond motifs is 8. The Morgan fingerprint density at radius 2 is 1.09 bits per heavy atom. The standard InChI is InChI=1S/C53H35NO/c1-52(2)39-19-7-3-13-34(39)48-33(17-11-22-42(48)52)31-25-27-32(28-26-31)54-43-23-12-18-38-47-35-14-4-8-20-40(35)53(50(38)43,41-21-9-5-15-36(41)47)51-44(54)29-30-46-49(51)37-16-6-10-24-45(37)55-46/h3-30,47H,1-2H3. The number of hydrogen-bond acceptors (Lipinski definition) is 2. The fourth-order valence-corrected chi connectivity index (χ4v) is 11.4. The van der Waals surface area contributed by atoms with Crippen molar-refractivity contribution in [3.63, 3.8) is 0 Å². The first-order valence-corrected chi connectivity index (χ1v) is 19.5. The minimum Gasteiger partial charge on any atom is -0.456 e. The average molecular weight is 702 g/mol. The van der Waals surface area contributed by atoms with E-state index in [0.717, 1.165) is 22.2 Å². The molecular weight excluding hydrogens is 667 g/mol. The Kier molecular flexibility index (Phi) is 5.47. The zero-order chi connectivity index (χ0) is 36.2. The topological polar surface area (TPSA) is 16.4 Å². The third kappa shape index (κ3) is 3.44. The summed E-state index contributed by atoms with van der Waals surface area (Å²) in [6.45, 7) is 4.71. The van der Waals surface area contributed by atoms with E-state index in [9.17, 15) is 0 Å². The molecule has 0 amide bonds. The highest BCUT2D eigenvalue weighted by Crippen LogP contribution is 2.69. The van der Waals surface area contributed by atoms with Crippen LogP contribution >= 0.6 is 0 Å². The number of rotatable bonds is 2. The summed E-state index contributed by atoms with van der Waals surface area (Å²) in [4.78, 5) is 2.53. The first-order chi connectivity index (χ1) is 27.1. The van der Waals surface area contributed by atoms with E-state index in [0.29, 0.717) is 0 Å². The highest BCUT2D eigenvalue weighted by molar-refractivity contribution is 6.13. The lowest BCUT2D eigenvalue weighted by molar-refractivity contribution is 0.625. The first kappa shape index (κ1) is 29.8. The van der Waals surface area contributed by atoms with Crippen LogP contribution in [0, 0.1) is 0 Å². The summed E-state index contributed by atoms with van der Waals surface area (Å²) >= 11 is 0. The van der Waals surface area contributed by atoms with Crippen LogP contribution in [-0.4, -0.2) is 0 Å². The van der Waals surface area contributed by atoms with Crippen molar-refractivity contribution in [1.82, 2.24) is 0 Å². The third-order valence-electron chi connectivity index (χ3n) is 13.5. The molecule has 2 heterocycles. The maximum Gasteiger partial charge on any atom is 0.135 e. The summed E-state index contributed by atoms with van der Waals surface area (Å²) in [5.74, 6) is 0.169. The van der Waals surface area contributed by atoms with E-state index in [-0.39, 0.29) is 11.3 Å². The van der Waals surface area contributed by atoms with E-state index in [4.69, 9.17) is 4.42 Å². The van der Waals surface area contributed by atoms with Gasteiger partial charge >= 0.3 is 0 Å².